The van der Waals surface area contributed by atoms with Crippen LogP contribution in [0, 0.1) is 11.3 Å². The van der Waals surface area contributed by atoms with E-state index >= 15 is 0 Å². The van der Waals surface area contributed by atoms with Crippen LogP contribution in [-0.4, -0.2) is 57.5 Å². The lowest BCUT2D eigenvalue weighted by molar-refractivity contribution is 0.338. The fourth-order valence-corrected chi connectivity index (χ4v) is 3.87. The summed E-state index contributed by atoms with van der Waals surface area (Å²) in [6.07, 6.45) is 7.51. The number of nitrogens with two attached hydrogens (primary N) is 1. The minimum absolute atomic E-state index is 0.149. The van der Waals surface area contributed by atoms with Crippen LogP contribution < -0.4 is 20.1 Å². The quantitative estimate of drug-likeness (QED) is 0.448. The van der Waals surface area contributed by atoms with Crippen molar-refractivity contribution in [2.45, 2.75) is 19.4 Å². The predicted octanol–water partition coefficient (Wildman–Crippen LogP) is 3.00. The summed E-state index contributed by atoms with van der Waals surface area (Å²) in [6, 6.07) is 11.5. The van der Waals surface area contributed by atoms with Crippen LogP contribution in [0.3, 0.4) is 0 Å². The first-order valence-electron chi connectivity index (χ1n) is 11.2. The molecule has 180 valence electrons. The number of anilines is 1. The van der Waals surface area contributed by atoms with Crippen LogP contribution in [0.15, 0.2) is 55.1 Å². The van der Waals surface area contributed by atoms with Crippen LogP contribution in [0.5, 0.6) is 17.4 Å². The van der Waals surface area contributed by atoms with Gasteiger partial charge in [-0.25, -0.2) is 14.5 Å². The Balaban J connectivity index is 0.000000271. The molecule has 4 aromatic rings. The van der Waals surface area contributed by atoms with Crippen LogP contribution >= 0.6 is 0 Å². The minimum atomic E-state index is 0.149. The van der Waals surface area contributed by atoms with Crippen LogP contribution in [0.2, 0.25) is 0 Å². The molecule has 0 radical (unpaired) electrons. The second-order valence-electron chi connectivity index (χ2n) is 7.94. The van der Waals surface area contributed by atoms with Gasteiger partial charge in [0.05, 0.1) is 43.4 Å². The number of aromatic nitrogens is 4. The summed E-state index contributed by atoms with van der Waals surface area (Å²) >= 11 is 0. The molecular weight excluding hydrogens is 446 g/mol. The maximum Gasteiger partial charge on any atom is 0.213 e. The molecule has 0 spiro atoms. The van der Waals surface area contributed by atoms with Gasteiger partial charge in [-0.3, -0.25) is 0 Å². The number of nitriles is 1. The second kappa shape index (κ2) is 10.7. The summed E-state index contributed by atoms with van der Waals surface area (Å²) in [7, 11) is 1.53. The normalized spacial score (nSPS) is 14.8. The van der Waals surface area contributed by atoms with E-state index in [1.807, 2.05) is 31.3 Å². The highest BCUT2D eigenvalue weighted by Gasteiger charge is 2.20. The molecule has 3 N–H and O–H groups in total. The van der Waals surface area contributed by atoms with Gasteiger partial charge in [0.1, 0.15) is 23.4 Å². The van der Waals surface area contributed by atoms with Crippen molar-refractivity contribution >= 4 is 11.3 Å². The van der Waals surface area contributed by atoms with E-state index in [0.29, 0.717) is 23.8 Å². The maximum absolute atomic E-state index is 9.41. The molecule has 0 amide bonds. The average Bonchev–Trinajstić information content (AvgIpc) is 3.51. The number of pyridine rings is 3. The third kappa shape index (κ3) is 5.42. The Hall–Kier alpha value is -4.36. The molecule has 10 nitrogen and oxygen atoms in total. The van der Waals surface area contributed by atoms with Crippen molar-refractivity contribution in [2.24, 2.45) is 5.73 Å². The fraction of sp³-hybridized carbons (Fsp3) is 0.280. The van der Waals surface area contributed by atoms with Crippen molar-refractivity contribution in [1.29, 1.82) is 5.26 Å². The molecule has 1 aliphatic heterocycles. The van der Waals surface area contributed by atoms with Gasteiger partial charge in [0, 0.05) is 42.5 Å². The SMILES string of the molecule is CCOc1cc(-c2ccc(N3CCC(N)C3)nc2)c2c(C#N)cnn2c1.COc1ccc(O)cn1. The van der Waals surface area contributed by atoms with Crippen molar-refractivity contribution in [3.63, 3.8) is 0 Å². The summed E-state index contributed by atoms with van der Waals surface area (Å²) in [6.45, 7) is 4.25. The minimum Gasteiger partial charge on any atom is -0.506 e. The maximum atomic E-state index is 9.41. The Labute approximate surface area is 203 Å². The first-order valence-corrected chi connectivity index (χ1v) is 11.2. The molecule has 1 aliphatic rings. The van der Waals surface area contributed by atoms with E-state index in [-0.39, 0.29) is 11.8 Å². The Morgan fingerprint density at radius 3 is 2.66 bits per heavy atom. The molecule has 35 heavy (non-hydrogen) atoms. The van der Waals surface area contributed by atoms with Gasteiger partial charge in [-0.05, 0) is 37.6 Å². The second-order valence-corrected chi connectivity index (χ2v) is 7.94. The van der Waals surface area contributed by atoms with E-state index in [2.05, 4.69) is 26.0 Å². The molecule has 10 heteroatoms. The zero-order chi connectivity index (χ0) is 24.8. The predicted molar refractivity (Wildman–Crippen MR) is 132 cm³/mol. The number of aromatic hydroxyl groups is 1. The van der Waals surface area contributed by atoms with Crippen molar-refractivity contribution in [3.8, 4) is 34.6 Å². The van der Waals surface area contributed by atoms with Gasteiger partial charge in [-0.2, -0.15) is 10.4 Å². The summed E-state index contributed by atoms with van der Waals surface area (Å²) in [5.41, 5.74) is 9.07. The van der Waals surface area contributed by atoms with Crippen molar-refractivity contribution in [1.82, 2.24) is 19.6 Å². The van der Waals surface area contributed by atoms with E-state index in [9.17, 15) is 5.26 Å². The third-order valence-electron chi connectivity index (χ3n) is 5.56. The number of hydrogen-bond donors (Lipinski definition) is 2. The first-order chi connectivity index (χ1) is 17.0. The molecule has 1 unspecified atom stereocenters. The summed E-state index contributed by atoms with van der Waals surface area (Å²) in [4.78, 5) is 10.5. The zero-order valence-corrected chi connectivity index (χ0v) is 19.6. The number of ether oxygens (including phenoxy) is 2. The van der Waals surface area contributed by atoms with E-state index in [4.69, 9.17) is 20.3 Å². The average molecular weight is 474 g/mol. The van der Waals surface area contributed by atoms with Gasteiger partial charge < -0.3 is 25.2 Å². The van der Waals surface area contributed by atoms with E-state index < -0.39 is 0 Å². The molecule has 1 saturated heterocycles. The third-order valence-corrected chi connectivity index (χ3v) is 5.56. The van der Waals surface area contributed by atoms with Crippen LogP contribution in [0.25, 0.3) is 16.6 Å². The van der Waals surface area contributed by atoms with E-state index in [1.54, 1.807) is 23.0 Å². The molecular formula is C25H27N7O3. The van der Waals surface area contributed by atoms with Crippen LogP contribution in [0.1, 0.15) is 18.9 Å². The van der Waals surface area contributed by atoms with Crippen molar-refractivity contribution in [3.05, 3.63) is 60.7 Å². The fourth-order valence-electron chi connectivity index (χ4n) is 3.87. The number of rotatable bonds is 5. The van der Waals surface area contributed by atoms with Gasteiger partial charge in [0.2, 0.25) is 5.88 Å². The molecule has 0 bridgehead atoms. The molecule has 0 saturated carbocycles. The van der Waals surface area contributed by atoms with Gasteiger partial charge in [0.25, 0.3) is 0 Å². The number of hydrogen-bond acceptors (Lipinski definition) is 9. The largest absolute Gasteiger partial charge is 0.506 e. The van der Waals surface area contributed by atoms with Gasteiger partial charge >= 0.3 is 0 Å². The van der Waals surface area contributed by atoms with E-state index in [1.165, 1.54) is 19.4 Å². The lowest BCUT2D eigenvalue weighted by Gasteiger charge is -2.17. The Morgan fingerprint density at radius 1 is 1.20 bits per heavy atom. The van der Waals surface area contributed by atoms with Crippen molar-refractivity contribution < 1.29 is 14.6 Å². The molecule has 0 aromatic carbocycles. The Kier molecular flexibility index (Phi) is 7.28. The Bertz CT molecular complexity index is 1310. The highest BCUT2D eigenvalue weighted by molar-refractivity contribution is 5.85. The summed E-state index contributed by atoms with van der Waals surface area (Å²) in [5.74, 6) is 2.29. The van der Waals surface area contributed by atoms with Crippen molar-refractivity contribution in [2.75, 3.05) is 31.7 Å². The molecule has 5 rings (SSSR count). The zero-order valence-electron chi connectivity index (χ0n) is 19.6. The molecule has 5 heterocycles. The monoisotopic (exact) mass is 473 g/mol. The topological polar surface area (TPSA) is 135 Å². The highest BCUT2D eigenvalue weighted by atomic mass is 16.5. The highest BCUT2D eigenvalue weighted by Crippen LogP contribution is 2.31. The van der Waals surface area contributed by atoms with E-state index in [0.717, 1.165) is 42.0 Å². The first kappa shape index (κ1) is 23.8. The molecule has 1 fully saturated rings. The number of methoxy groups -OCH3 is 1. The number of fused-ring (bicyclic) bond motifs is 1. The standard InChI is InChI=1S/C19H20N6O.C6H7NO2/c1-2-26-16-7-17(19-14(8-20)10-23-25(19)12-16)13-3-4-18(22-9-13)24-6-5-15(21)11-24;1-9-6-3-2-5(8)4-7-6/h3-4,7,9-10,12,15H,2,5-6,11,21H2,1H3;2-4,8H,1H3. The van der Waals surface area contributed by atoms with Gasteiger partial charge in [-0.1, -0.05) is 0 Å². The van der Waals surface area contributed by atoms with Crippen LogP contribution in [-0.2, 0) is 0 Å². The van der Waals surface area contributed by atoms with Gasteiger partial charge in [0.15, 0.2) is 0 Å². The van der Waals surface area contributed by atoms with Crippen LogP contribution in [0.4, 0.5) is 5.82 Å². The number of nitrogens with zero attached hydrogens (tertiary/aromatic N) is 6. The lowest BCUT2D eigenvalue weighted by atomic mass is 10.1. The lowest BCUT2D eigenvalue weighted by Crippen LogP contribution is -2.26. The molecule has 0 aliphatic carbocycles. The summed E-state index contributed by atoms with van der Waals surface area (Å²) in [5, 5.41) is 22.4. The Morgan fingerprint density at radius 2 is 2.06 bits per heavy atom. The summed E-state index contributed by atoms with van der Waals surface area (Å²) < 4.78 is 12.1. The molecule has 4 aromatic heterocycles. The molecule has 1 atom stereocenters. The van der Waals surface area contributed by atoms with Gasteiger partial charge in [-0.15, -0.1) is 0 Å². The smallest absolute Gasteiger partial charge is 0.213 e.